The molecular weight excluding hydrogens is 288 g/mol. The number of benzene rings is 1. The van der Waals surface area contributed by atoms with Crippen molar-refractivity contribution >= 4 is 5.91 Å². The first kappa shape index (κ1) is 17.8. The first-order valence-electron chi connectivity index (χ1n) is 8.89. The topological polar surface area (TPSA) is 41.6 Å². The minimum Gasteiger partial charge on any atom is -0.497 e. The summed E-state index contributed by atoms with van der Waals surface area (Å²) < 4.78 is 5.24. The number of methoxy groups -OCH3 is 1. The van der Waals surface area contributed by atoms with Crippen LogP contribution >= 0.6 is 0 Å². The smallest absolute Gasteiger partial charge is 0.220 e. The Hall–Kier alpha value is -1.55. The molecule has 4 nitrogen and oxygen atoms in total. The van der Waals surface area contributed by atoms with E-state index in [4.69, 9.17) is 4.74 Å². The fourth-order valence-corrected chi connectivity index (χ4v) is 3.17. The van der Waals surface area contributed by atoms with Crippen LogP contribution in [0.15, 0.2) is 24.3 Å². The maximum Gasteiger partial charge on any atom is 0.220 e. The van der Waals surface area contributed by atoms with Crippen molar-refractivity contribution in [1.29, 1.82) is 0 Å². The average Bonchev–Trinajstić information content (AvgIpc) is 3.10. The molecule has 23 heavy (non-hydrogen) atoms. The number of unbranched alkanes of at least 4 members (excludes halogenated alkanes) is 2. The monoisotopic (exact) mass is 318 g/mol. The van der Waals surface area contributed by atoms with E-state index in [1.54, 1.807) is 7.11 Å². The van der Waals surface area contributed by atoms with Crippen molar-refractivity contribution in [3.63, 3.8) is 0 Å². The Kier molecular flexibility index (Phi) is 7.40. The molecule has 2 rings (SSSR count). The largest absolute Gasteiger partial charge is 0.497 e. The number of hydrogen-bond donors (Lipinski definition) is 1. The van der Waals surface area contributed by atoms with Crippen molar-refractivity contribution in [2.24, 2.45) is 0 Å². The van der Waals surface area contributed by atoms with Crippen molar-refractivity contribution in [2.45, 2.75) is 51.5 Å². The van der Waals surface area contributed by atoms with Crippen molar-refractivity contribution < 1.29 is 9.53 Å². The Morgan fingerprint density at radius 2 is 1.91 bits per heavy atom. The fraction of sp³-hybridized carbons (Fsp3) is 0.632. The van der Waals surface area contributed by atoms with Gasteiger partial charge in [0.05, 0.1) is 13.2 Å². The fourth-order valence-electron chi connectivity index (χ4n) is 3.17. The normalized spacial score (nSPS) is 16.3. The second-order valence-corrected chi connectivity index (χ2v) is 6.29. The molecule has 1 amide bonds. The summed E-state index contributed by atoms with van der Waals surface area (Å²) in [7, 11) is 1.68. The number of carbonyl (C=O) groups excluding carboxylic acids is 1. The number of hydrogen-bond acceptors (Lipinski definition) is 3. The summed E-state index contributed by atoms with van der Waals surface area (Å²) in [6.45, 7) is 5.08. The number of nitrogens with one attached hydrogen (secondary N) is 1. The highest BCUT2D eigenvalue weighted by molar-refractivity contribution is 5.75. The maximum atomic E-state index is 12.0. The quantitative estimate of drug-likeness (QED) is 0.708. The Balaban J connectivity index is 1.95. The Bertz CT molecular complexity index is 467. The minimum absolute atomic E-state index is 0.177. The lowest BCUT2D eigenvalue weighted by Gasteiger charge is -2.28. The van der Waals surface area contributed by atoms with Crippen LogP contribution in [0.4, 0.5) is 0 Å². The van der Waals surface area contributed by atoms with E-state index in [1.807, 2.05) is 12.1 Å². The summed E-state index contributed by atoms with van der Waals surface area (Å²) in [6.07, 6.45) is 6.40. The molecular formula is C19H30N2O2. The predicted octanol–water partition coefficient (Wildman–Crippen LogP) is 3.53. The van der Waals surface area contributed by atoms with E-state index in [9.17, 15) is 4.79 Å². The van der Waals surface area contributed by atoms with Gasteiger partial charge in [0.1, 0.15) is 5.75 Å². The third kappa shape index (κ3) is 5.54. The molecule has 0 aliphatic carbocycles. The molecule has 0 aromatic heterocycles. The van der Waals surface area contributed by atoms with Crippen LogP contribution in [0, 0.1) is 0 Å². The van der Waals surface area contributed by atoms with Gasteiger partial charge >= 0.3 is 0 Å². The van der Waals surface area contributed by atoms with Crippen molar-refractivity contribution in [2.75, 3.05) is 26.7 Å². The van der Waals surface area contributed by atoms with E-state index in [-0.39, 0.29) is 11.9 Å². The van der Waals surface area contributed by atoms with Crippen LogP contribution < -0.4 is 10.1 Å². The zero-order valence-corrected chi connectivity index (χ0v) is 14.5. The summed E-state index contributed by atoms with van der Waals surface area (Å²) >= 11 is 0. The molecule has 1 aliphatic rings. The second kappa shape index (κ2) is 9.56. The van der Waals surface area contributed by atoms with Crippen LogP contribution in [0.5, 0.6) is 5.75 Å². The minimum atomic E-state index is 0.177. The van der Waals surface area contributed by atoms with Gasteiger partial charge in [-0.1, -0.05) is 31.9 Å². The van der Waals surface area contributed by atoms with Crippen LogP contribution in [-0.4, -0.2) is 37.6 Å². The lowest BCUT2D eigenvalue weighted by atomic mass is 10.0. The highest BCUT2D eigenvalue weighted by Crippen LogP contribution is 2.26. The Labute approximate surface area is 140 Å². The van der Waals surface area contributed by atoms with Gasteiger partial charge in [0, 0.05) is 13.0 Å². The Morgan fingerprint density at radius 1 is 1.22 bits per heavy atom. The van der Waals surface area contributed by atoms with E-state index in [2.05, 4.69) is 29.3 Å². The van der Waals surface area contributed by atoms with Gasteiger partial charge in [0.15, 0.2) is 0 Å². The molecule has 1 heterocycles. The molecule has 1 aromatic rings. The van der Waals surface area contributed by atoms with Gasteiger partial charge in [0.25, 0.3) is 0 Å². The number of ether oxygens (including phenoxy) is 1. The summed E-state index contributed by atoms with van der Waals surface area (Å²) in [6, 6.07) is 8.50. The van der Waals surface area contributed by atoms with Gasteiger partial charge in [-0.25, -0.2) is 0 Å². The van der Waals surface area contributed by atoms with Gasteiger partial charge in [-0.15, -0.1) is 0 Å². The summed E-state index contributed by atoms with van der Waals surface area (Å²) in [5, 5.41) is 3.13. The molecule has 128 valence electrons. The van der Waals surface area contributed by atoms with Crippen molar-refractivity contribution in [3.05, 3.63) is 29.8 Å². The Morgan fingerprint density at radius 3 is 2.52 bits per heavy atom. The number of carbonyl (C=O) groups is 1. The lowest BCUT2D eigenvalue weighted by molar-refractivity contribution is -0.121. The number of amides is 1. The summed E-state index contributed by atoms with van der Waals surface area (Å²) in [4.78, 5) is 14.5. The van der Waals surface area contributed by atoms with E-state index in [0.717, 1.165) is 38.1 Å². The molecule has 1 aliphatic heterocycles. The zero-order chi connectivity index (χ0) is 16.5. The zero-order valence-electron chi connectivity index (χ0n) is 14.5. The lowest BCUT2D eigenvalue weighted by Crippen LogP contribution is -2.36. The first-order valence-corrected chi connectivity index (χ1v) is 8.89. The highest BCUT2D eigenvalue weighted by atomic mass is 16.5. The summed E-state index contributed by atoms with van der Waals surface area (Å²) in [5.74, 6) is 1.05. The van der Waals surface area contributed by atoms with Crippen LogP contribution in [0.25, 0.3) is 0 Å². The highest BCUT2D eigenvalue weighted by Gasteiger charge is 2.23. The SMILES string of the molecule is CCCCCC(=O)NCC(c1ccc(OC)cc1)N1CCCC1. The molecule has 4 heteroatoms. The third-order valence-electron chi connectivity index (χ3n) is 4.58. The molecule has 0 spiro atoms. The molecule has 0 bridgehead atoms. The van der Waals surface area contributed by atoms with Crippen molar-refractivity contribution in [3.8, 4) is 5.75 Å². The van der Waals surface area contributed by atoms with Gasteiger partial charge < -0.3 is 10.1 Å². The number of rotatable bonds is 9. The van der Waals surface area contributed by atoms with Crippen LogP contribution in [-0.2, 0) is 4.79 Å². The average molecular weight is 318 g/mol. The third-order valence-corrected chi connectivity index (χ3v) is 4.58. The van der Waals surface area contributed by atoms with Gasteiger partial charge in [-0.3, -0.25) is 9.69 Å². The maximum absolute atomic E-state index is 12.0. The molecule has 1 unspecified atom stereocenters. The van der Waals surface area contributed by atoms with E-state index in [0.29, 0.717) is 13.0 Å². The molecule has 0 saturated carbocycles. The summed E-state index contributed by atoms with van der Waals surface area (Å²) in [5.41, 5.74) is 1.25. The molecule has 1 N–H and O–H groups in total. The standard InChI is InChI=1S/C19H30N2O2/c1-3-4-5-8-19(22)20-15-18(21-13-6-7-14-21)16-9-11-17(23-2)12-10-16/h9-12,18H,3-8,13-15H2,1-2H3,(H,20,22). The number of likely N-dealkylation sites (tertiary alicyclic amines) is 1. The van der Waals surface area contributed by atoms with Gasteiger partial charge in [-0.05, 0) is 50.0 Å². The van der Waals surface area contributed by atoms with E-state index >= 15 is 0 Å². The van der Waals surface area contributed by atoms with Crippen molar-refractivity contribution in [1.82, 2.24) is 10.2 Å². The molecule has 1 aromatic carbocycles. The van der Waals surface area contributed by atoms with E-state index < -0.39 is 0 Å². The molecule has 1 fully saturated rings. The number of nitrogens with zero attached hydrogens (tertiary/aromatic N) is 1. The van der Waals surface area contributed by atoms with E-state index in [1.165, 1.54) is 18.4 Å². The first-order chi connectivity index (χ1) is 11.2. The molecule has 1 atom stereocenters. The van der Waals surface area contributed by atoms with Crippen LogP contribution in [0.3, 0.4) is 0 Å². The second-order valence-electron chi connectivity index (χ2n) is 6.29. The van der Waals surface area contributed by atoms with Crippen LogP contribution in [0.1, 0.15) is 57.1 Å². The molecule has 1 saturated heterocycles. The van der Waals surface area contributed by atoms with Crippen LogP contribution in [0.2, 0.25) is 0 Å². The molecule has 0 radical (unpaired) electrons. The predicted molar refractivity (Wildman–Crippen MR) is 93.7 cm³/mol. The van der Waals surface area contributed by atoms with Gasteiger partial charge in [0.2, 0.25) is 5.91 Å². The van der Waals surface area contributed by atoms with Gasteiger partial charge in [-0.2, -0.15) is 0 Å².